The van der Waals surface area contributed by atoms with Crippen LogP contribution in [0, 0.1) is 0 Å². The molecular formula is C13H19N. The maximum absolute atomic E-state index is 5.78. The van der Waals surface area contributed by atoms with Crippen molar-refractivity contribution in [2.75, 3.05) is 0 Å². The largest absolute Gasteiger partial charge is 0.328 e. The highest BCUT2D eigenvalue weighted by Crippen LogP contribution is 2.41. The second-order valence-electron chi connectivity index (χ2n) is 4.49. The lowest BCUT2D eigenvalue weighted by molar-refractivity contribution is 0.663. The molecule has 2 N–H and O–H groups in total. The first-order valence-corrected chi connectivity index (χ1v) is 5.61. The van der Waals surface area contributed by atoms with Crippen molar-refractivity contribution in [1.82, 2.24) is 0 Å². The third-order valence-electron chi connectivity index (χ3n) is 2.94. The van der Waals surface area contributed by atoms with Gasteiger partial charge in [0.1, 0.15) is 0 Å². The fourth-order valence-corrected chi connectivity index (χ4v) is 1.94. The Balaban J connectivity index is 2.07. The molecule has 1 fully saturated rings. The Labute approximate surface area is 86.3 Å². The first-order chi connectivity index (χ1) is 6.77. The van der Waals surface area contributed by atoms with Crippen LogP contribution in [0.3, 0.4) is 0 Å². The molecule has 0 unspecified atom stereocenters. The molecule has 1 saturated carbocycles. The maximum Gasteiger partial charge on any atom is 0.00136 e. The van der Waals surface area contributed by atoms with E-state index in [9.17, 15) is 0 Å². The second-order valence-corrected chi connectivity index (χ2v) is 4.49. The number of aryl methyl sites for hydroxylation is 1. The first-order valence-electron chi connectivity index (χ1n) is 5.61. The van der Waals surface area contributed by atoms with E-state index in [0.29, 0.717) is 6.04 Å². The molecule has 0 bridgehead atoms. The van der Waals surface area contributed by atoms with Crippen molar-refractivity contribution in [3.8, 4) is 0 Å². The summed E-state index contributed by atoms with van der Waals surface area (Å²) in [6.45, 7) is 2.08. The molecule has 0 amide bonds. The van der Waals surface area contributed by atoms with Crippen molar-refractivity contribution in [2.45, 2.75) is 44.6 Å². The molecule has 1 aliphatic carbocycles. The summed E-state index contributed by atoms with van der Waals surface area (Å²) in [6, 6.07) is 9.16. The first kappa shape index (κ1) is 9.72. The summed E-state index contributed by atoms with van der Waals surface area (Å²) in [5, 5.41) is 0. The molecule has 2 rings (SSSR count). The standard InChI is InChI=1S/C13H19N/c1-10(14)6-7-11-4-2-3-5-13(11)12-8-9-12/h2-5,10,12H,6-9,14H2,1H3/t10-/m0/s1. The maximum atomic E-state index is 5.78. The van der Waals surface area contributed by atoms with Crippen LogP contribution in [-0.4, -0.2) is 6.04 Å². The lowest BCUT2D eigenvalue weighted by Gasteiger charge is -2.09. The Morgan fingerprint density at radius 1 is 1.36 bits per heavy atom. The van der Waals surface area contributed by atoms with Gasteiger partial charge in [0.15, 0.2) is 0 Å². The van der Waals surface area contributed by atoms with Gasteiger partial charge in [-0.15, -0.1) is 0 Å². The third-order valence-corrected chi connectivity index (χ3v) is 2.94. The van der Waals surface area contributed by atoms with Gasteiger partial charge in [-0.1, -0.05) is 24.3 Å². The van der Waals surface area contributed by atoms with Crippen molar-refractivity contribution in [3.63, 3.8) is 0 Å². The summed E-state index contributed by atoms with van der Waals surface area (Å²) in [6.07, 6.45) is 5.01. The van der Waals surface area contributed by atoms with Crippen molar-refractivity contribution < 1.29 is 0 Å². The van der Waals surface area contributed by atoms with E-state index in [1.165, 1.54) is 18.4 Å². The summed E-state index contributed by atoms with van der Waals surface area (Å²) in [7, 11) is 0. The van der Waals surface area contributed by atoms with Crippen LogP contribution in [0.5, 0.6) is 0 Å². The minimum atomic E-state index is 0.322. The molecule has 14 heavy (non-hydrogen) atoms. The number of hydrogen-bond donors (Lipinski definition) is 1. The SMILES string of the molecule is C[C@H](N)CCc1ccccc1C1CC1. The van der Waals surface area contributed by atoms with Gasteiger partial charge in [-0.2, -0.15) is 0 Å². The average molecular weight is 189 g/mol. The van der Waals surface area contributed by atoms with E-state index in [4.69, 9.17) is 5.73 Å². The van der Waals surface area contributed by atoms with Gasteiger partial charge in [-0.3, -0.25) is 0 Å². The van der Waals surface area contributed by atoms with Crippen LogP contribution in [0.4, 0.5) is 0 Å². The molecule has 0 aliphatic heterocycles. The molecule has 1 atom stereocenters. The Hall–Kier alpha value is -0.820. The molecule has 1 aliphatic rings. The Kier molecular flexibility index (Phi) is 2.87. The van der Waals surface area contributed by atoms with Gasteiger partial charge in [0.05, 0.1) is 0 Å². The molecule has 0 saturated heterocycles. The lowest BCUT2D eigenvalue weighted by Crippen LogP contribution is -2.15. The molecule has 1 aromatic carbocycles. The number of nitrogens with two attached hydrogens (primary N) is 1. The van der Waals surface area contributed by atoms with Gasteiger partial charge < -0.3 is 5.73 Å². The molecule has 1 nitrogen and oxygen atoms in total. The van der Waals surface area contributed by atoms with Gasteiger partial charge >= 0.3 is 0 Å². The zero-order valence-electron chi connectivity index (χ0n) is 8.87. The summed E-state index contributed by atoms with van der Waals surface area (Å²) < 4.78 is 0. The average Bonchev–Trinajstić information content (AvgIpc) is 2.98. The zero-order valence-corrected chi connectivity index (χ0v) is 8.87. The minimum Gasteiger partial charge on any atom is -0.328 e. The van der Waals surface area contributed by atoms with Crippen LogP contribution < -0.4 is 5.73 Å². The second kappa shape index (κ2) is 4.14. The Morgan fingerprint density at radius 2 is 2.07 bits per heavy atom. The Morgan fingerprint density at radius 3 is 2.71 bits per heavy atom. The zero-order chi connectivity index (χ0) is 9.97. The van der Waals surface area contributed by atoms with Gasteiger partial charge in [-0.05, 0) is 49.7 Å². The van der Waals surface area contributed by atoms with Gasteiger partial charge in [-0.25, -0.2) is 0 Å². The van der Waals surface area contributed by atoms with E-state index in [-0.39, 0.29) is 0 Å². The van der Waals surface area contributed by atoms with Crippen molar-refractivity contribution in [1.29, 1.82) is 0 Å². The number of hydrogen-bond acceptors (Lipinski definition) is 1. The van der Waals surface area contributed by atoms with E-state index >= 15 is 0 Å². The predicted molar refractivity (Wildman–Crippen MR) is 60.4 cm³/mol. The van der Waals surface area contributed by atoms with Crippen LogP contribution >= 0.6 is 0 Å². The smallest absolute Gasteiger partial charge is 0.00136 e. The predicted octanol–water partition coefficient (Wildman–Crippen LogP) is 2.84. The molecule has 0 heterocycles. The van der Waals surface area contributed by atoms with E-state index in [0.717, 1.165) is 18.8 Å². The molecule has 76 valence electrons. The minimum absolute atomic E-state index is 0.322. The van der Waals surface area contributed by atoms with Crippen molar-refractivity contribution >= 4 is 0 Å². The van der Waals surface area contributed by atoms with E-state index in [2.05, 4.69) is 31.2 Å². The van der Waals surface area contributed by atoms with Gasteiger partial charge in [0.2, 0.25) is 0 Å². The lowest BCUT2D eigenvalue weighted by atomic mass is 9.98. The van der Waals surface area contributed by atoms with E-state index in [1.807, 2.05) is 0 Å². The van der Waals surface area contributed by atoms with Gasteiger partial charge in [0, 0.05) is 6.04 Å². The molecule has 1 aromatic rings. The van der Waals surface area contributed by atoms with E-state index in [1.54, 1.807) is 5.56 Å². The van der Waals surface area contributed by atoms with Gasteiger partial charge in [0.25, 0.3) is 0 Å². The van der Waals surface area contributed by atoms with Crippen LogP contribution in [0.15, 0.2) is 24.3 Å². The topological polar surface area (TPSA) is 26.0 Å². The van der Waals surface area contributed by atoms with Crippen LogP contribution in [0.1, 0.15) is 43.2 Å². The highest BCUT2D eigenvalue weighted by Gasteiger charge is 2.25. The number of benzene rings is 1. The molecular weight excluding hydrogens is 170 g/mol. The van der Waals surface area contributed by atoms with Crippen LogP contribution in [0.25, 0.3) is 0 Å². The van der Waals surface area contributed by atoms with Crippen LogP contribution in [0.2, 0.25) is 0 Å². The summed E-state index contributed by atoms with van der Waals surface area (Å²) in [4.78, 5) is 0. The van der Waals surface area contributed by atoms with E-state index < -0.39 is 0 Å². The monoisotopic (exact) mass is 189 g/mol. The highest BCUT2D eigenvalue weighted by molar-refractivity contribution is 5.33. The highest BCUT2D eigenvalue weighted by atomic mass is 14.6. The summed E-state index contributed by atoms with van der Waals surface area (Å²) >= 11 is 0. The number of rotatable bonds is 4. The third kappa shape index (κ3) is 2.36. The molecule has 0 spiro atoms. The summed E-state index contributed by atoms with van der Waals surface area (Å²) in [5.74, 6) is 0.860. The summed E-state index contributed by atoms with van der Waals surface area (Å²) in [5.41, 5.74) is 8.88. The molecule has 0 radical (unpaired) electrons. The molecule has 1 heteroatoms. The van der Waals surface area contributed by atoms with Crippen molar-refractivity contribution in [3.05, 3.63) is 35.4 Å². The quantitative estimate of drug-likeness (QED) is 0.774. The fraction of sp³-hybridized carbons (Fsp3) is 0.538. The Bertz CT molecular complexity index is 300. The normalized spacial score (nSPS) is 18.1. The van der Waals surface area contributed by atoms with Crippen molar-refractivity contribution in [2.24, 2.45) is 5.73 Å². The van der Waals surface area contributed by atoms with Crippen LogP contribution in [-0.2, 0) is 6.42 Å². The fourth-order valence-electron chi connectivity index (χ4n) is 1.94. The molecule has 0 aromatic heterocycles.